The average molecular weight is 335 g/mol. The maximum Gasteiger partial charge on any atom is 0.432 e. The first-order valence-corrected chi connectivity index (χ1v) is 6.38. The number of rotatable bonds is 5. The van der Waals surface area contributed by atoms with Crippen molar-refractivity contribution in [1.82, 2.24) is 0 Å². The summed E-state index contributed by atoms with van der Waals surface area (Å²) in [5.41, 5.74) is 0. The topological polar surface area (TPSA) is 80.7 Å². The fourth-order valence-corrected chi connectivity index (χ4v) is 1.32. The van der Waals surface area contributed by atoms with E-state index in [2.05, 4.69) is 4.74 Å². The van der Waals surface area contributed by atoms with Gasteiger partial charge in [0.15, 0.2) is 0 Å². The maximum atomic E-state index is 12.9. The molecule has 0 aliphatic carbocycles. The van der Waals surface area contributed by atoms with Gasteiger partial charge < -0.3 is 4.74 Å². The van der Waals surface area contributed by atoms with Crippen LogP contribution in [0.5, 0.6) is 0 Å². The molecule has 5 nitrogen and oxygen atoms in total. The van der Waals surface area contributed by atoms with E-state index >= 15 is 0 Å². The molecule has 0 bridgehead atoms. The summed E-state index contributed by atoms with van der Waals surface area (Å²) in [6, 6.07) is 0. The van der Waals surface area contributed by atoms with Crippen molar-refractivity contribution in [1.29, 1.82) is 0 Å². The Morgan fingerprint density at radius 2 is 1.74 bits per heavy atom. The maximum absolute atomic E-state index is 12.9. The van der Waals surface area contributed by atoms with Gasteiger partial charge in [-0.25, -0.2) is 0 Å². The number of carbonyl (C=O) groups is 1. The van der Waals surface area contributed by atoms with Gasteiger partial charge in [-0.1, -0.05) is 6.92 Å². The van der Waals surface area contributed by atoms with Gasteiger partial charge in [-0.05, 0) is 6.42 Å². The van der Waals surface area contributed by atoms with Crippen LogP contribution in [0.4, 0.5) is 22.0 Å². The van der Waals surface area contributed by atoms with E-state index in [1.54, 1.807) is 0 Å². The Hall–Kier alpha value is -0.680. The van der Waals surface area contributed by atoms with Gasteiger partial charge >= 0.3 is 27.5 Å². The Kier molecular flexibility index (Phi) is 5.55. The predicted molar refractivity (Wildman–Crippen MR) is 52.4 cm³/mol. The van der Waals surface area contributed by atoms with Crippen molar-refractivity contribution in [2.45, 2.75) is 36.3 Å². The third-order valence-corrected chi connectivity index (χ3v) is 3.18. The zero-order valence-electron chi connectivity index (χ0n) is 9.12. The second-order valence-corrected chi connectivity index (χ2v) is 5.29. The van der Waals surface area contributed by atoms with E-state index in [-0.39, 0.29) is 6.42 Å². The van der Waals surface area contributed by atoms with Gasteiger partial charge in [0.05, 0.1) is 0 Å². The summed E-state index contributed by atoms with van der Waals surface area (Å²) in [5, 5.41) is -7.41. The molecule has 0 rings (SSSR count). The Bertz CT molecular complexity index is 434. The lowest BCUT2D eigenvalue weighted by atomic mass is 10.3. The molecule has 2 unspecified atom stereocenters. The highest BCUT2D eigenvalue weighted by Crippen LogP contribution is 2.38. The molecular weight excluding hydrogens is 327 g/mol. The van der Waals surface area contributed by atoms with Gasteiger partial charge in [-0.15, -0.1) is 11.6 Å². The quantitative estimate of drug-likeness (QED) is 0.360. The zero-order chi connectivity index (χ0) is 15.6. The molecule has 0 aliphatic rings. The smallest absolute Gasteiger partial charge is 0.432 e. The van der Waals surface area contributed by atoms with Gasteiger partial charge in [-0.3, -0.25) is 9.35 Å². The lowest BCUT2D eigenvalue weighted by Gasteiger charge is -2.26. The van der Waals surface area contributed by atoms with Crippen LogP contribution in [0, 0.1) is 0 Å². The molecule has 0 aromatic carbocycles. The molecular formula is C7H8ClF5O5S. The molecule has 0 aromatic rings. The largest absolute Gasteiger partial charge is 0.444 e. The fraction of sp³-hybridized carbons (Fsp3) is 0.857. The van der Waals surface area contributed by atoms with E-state index in [0.29, 0.717) is 0 Å². The normalized spacial score (nSPS) is 16.8. The van der Waals surface area contributed by atoms with Gasteiger partial charge in [0.25, 0.3) is 6.10 Å². The van der Waals surface area contributed by atoms with Crippen molar-refractivity contribution in [3.8, 4) is 0 Å². The third kappa shape index (κ3) is 4.42. The van der Waals surface area contributed by atoms with Crippen LogP contribution in [0.15, 0.2) is 0 Å². The van der Waals surface area contributed by atoms with Crippen LogP contribution >= 0.6 is 11.6 Å². The summed E-state index contributed by atoms with van der Waals surface area (Å²) in [6.45, 7) is 1.25. The molecule has 19 heavy (non-hydrogen) atoms. The number of carbonyl (C=O) groups excluding carboxylic acids is 1. The van der Waals surface area contributed by atoms with E-state index in [4.69, 9.17) is 16.2 Å². The highest BCUT2D eigenvalue weighted by molar-refractivity contribution is 7.86. The van der Waals surface area contributed by atoms with Gasteiger partial charge in [0, 0.05) is 0 Å². The molecule has 0 aromatic heterocycles. The van der Waals surface area contributed by atoms with Crippen molar-refractivity contribution in [3.63, 3.8) is 0 Å². The van der Waals surface area contributed by atoms with Crippen LogP contribution in [0.1, 0.15) is 13.3 Å². The van der Waals surface area contributed by atoms with Crippen LogP contribution in [-0.2, 0) is 19.6 Å². The van der Waals surface area contributed by atoms with Crippen molar-refractivity contribution in [3.05, 3.63) is 0 Å². The summed E-state index contributed by atoms with van der Waals surface area (Å²) in [7, 11) is -6.44. The van der Waals surface area contributed by atoms with Crippen molar-refractivity contribution in [2.24, 2.45) is 0 Å². The van der Waals surface area contributed by atoms with Crippen LogP contribution in [-0.4, -0.2) is 41.9 Å². The minimum atomic E-state index is -6.44. The Balaban J connectivity index is 5.46. The molecule has 0 amide bonds. The number of halogens is 6. The number of alkyl halides is 6. The third-order valence-electron chi connectivity index (χ3n) is 1.79. The SMILES string of the molecule is CCC(Cl)C(=O)OC(C(F)(F)F)C(F)(F)S(=O)(=O)O. The second-order valence-electron chi connectivity index (χ2n) is 3.27. The summed E-state index contributed by atoms with van der Waals surface area (Å²) in [6.07, 6.45) is -10.5. The van der Waals surface area contributed by atoms with E-state index in [1.807, 2.05) is 0 Å². The predicted octanol–water partition coefficient (Wildman–Crippen LogP) is 1.96. The van der Waals surface area contributed by atoms with Gasteiger partial charge in [0.1, 0.15) is 5.38 Å². The number of ether oxygens (including phenoxy) is 1. The fourth-order valence-electron chi connectivity index (χ4n) is 0.818. The number of hydrogen-bond donors (Lipinski definition) is 1. The molecule has 0 radical (unpaired) electrons. The van der Waals surface area contributed by atoms with Crippen LogP contribution in [0.3, 0.4) is 0 Å². The lowest BCUT2D eigenvalue weighted by Crippen LogP contribution is -2.52. The average Bonchev–Trinajstić information content (AvgIpc) is 2.20. The standard InChI is InChI=1S/C7H8ClF5O5S/c1-2-3(8)4(14)18-5(6(9,10)11)7(12,13)19(15,16)17/h3,5H,2H2,1H3,(H,15,16,17). The summed E-state index contributed by atoms with van der Waals surface area (Å²) < 4.78 is 94.7. The van der Waals surface area contributed by atoms with Gasteiger partial charge in [0.2, 0.25) is 0 Å². The van der Waals surface area contributed by atoms with Crippen LogP contribution < -0.4 is 0 Å². The first-order chi connectivity index (χ1) is 8.25. The first kappa shape index (κ1) is 18.3. The van der Waals surface area contributed by atoms with E-state index in [1.165, 1.54) is 6.92 Å². The highest BCUT2D eigenvalue weighted by Gasteiger charge is 2.66. The number of esters is 1. The highest BCUT2D eigenvalue weighted by atomic mass is 35.5. The van der Waals surface area contributed by atoms with Gasteiger partial charge in [-0.2, -0.15) is 30.4 Å². The Morgan fingerprint density at radius 1 is 1.32 bits per heavy atom. The summed E-state index contributed by atoms with van der Waals surface area (Å²) >= 11 is 5.18. The van der Waals surface area contributed by atoms with E-state index < -0.39 is 39.0 Å². The molecule has 0 aliphatic heterocycles. The van der Waals surface area contributed by atoms with Crippen molar-refractivity contribution in [2.75, 3.05) is 0 Å². The minimum Gasteiger partial charge on any atom is -0.444 e. The lowest BCUT2D eigenvalue weighted by molar-refractivity contribution is -0.259. The molecule has 2 atom stereocenters. The Morgan fingerprint density at radius 3 is 2.00 bits per heavy atom. The van der Waals surface area contributed by atoms with E-state index in [0.717, 1.165) is 0 Å². The van der Waals surface area contributed by atoms with Crippen molar-refractivity contribution >= 4 is 27.7 Å². The molecule has 12 heteroatoms. The Labute approximate surface area is 109 Å². The summed E-state index contributed by atoms with van der Waals surface area (Å²) in [4.78, 5) is 10.9. The molecule has 114 valence electrons. The molecule has 0 saturated heterocycles. The molecule has 0 saturated carbocycles. The second kappa shape index (κ2) is 5.75. The van der Waals surface area contributed by atoms with Crippen molar-refractivity contribution < 1.29 is 44.5 Å². The molecule has 0 spiro atoms. The number of hydrogen-bond acceptors (Lipinski definition) is 4. The van der Waals surface area contributed by atoms with E-state index in [9.17, 15) is 35.2 Å². The summed E-state index contributed by atoms with van der Waals surface area (Å²) in [5.74, 6) is -1.88. The monoisotopic (exact) mass is 334 g/mol. The first-order valence-electron chi connectivity index (χ1n) is 4.51. The minimum absolute atomic E-state index is 0.234. The molecule has 0 fully saturated rings. The molecule has 0 heterocycles. The van der Waals surface area contributed by atoms with Crippen LogP contribution in [0.2, 0.25) is 0 Å². The van der Waals surface area contributed by atoms with Crippen LogP contribution in [0.25, 0.3) is 0 Å². The zero-order valence-corrected chi connectivity index (χ0v) is 10.7. The molecule has 1 N–H and O–H groups in total.